The molecule has 11 heavy (non-hydrogen) atoms. The number of benzene rings is 1. The Morgan fingerprint density at radius 1 is 1.45 bits per heavy atom. The summed E-state index contributed by atoms with van der Waals surface area (Å²) >= 11 is 0. The van der Waals surface area contributed by atoms with Crippen molar-refractivity contribution in [2.75, 3.05) is 0 Å². The standard InChI is InChI=1S/C8H7F2O/c1-8(9,10)11-7-5-3-2-4-6-7/h2-5H,1H3. The Balaban J connectivity index is 2.66. The molecule has 0 heterocycles. The second kappa shape index (κ2) is 2.86. The molecule has 1 rings (SSSR count). The first-order chi connectivity index (χ1) is 5.08. The Labute approximate surface area is 63.6 Å². The smallest absolute Gasteiger partial charge is 0.394 e. The molecule has 0 spiro atoms. The SMILES string of the molecule is CC(F)(F)Oc1[c]cccc1. The summed E-state index contributed by atoms with van der Waals surface area (Å²) in [5.74, 6) is 0.0556. The minimum absolute atomic E-state index is 0.0556. The van der Waals surface area contributed by atoms with E-state index in [1.54, 1.807) is 12.1 Å². The molecule has 0 saturated carbocycles. The molecule has 0 N–H and O–H groups in total. The highest BCUT2D eigenvalue weighted by molar-refractivity contribution is 5.19. The molecule has 1 aromatic rings. The molecule has 1 aromatic carbocycles. The fourth-order valence-corrected chi connectivity index (χ4v) is 0.633. The molecule has 3 heteroatoms. The zero-order valence-electron chi connectivity index (χ0n) is 5.97. The summed E-state index contributed by atoms with van der Waals surface area (Å²) in [7, 11) is 0. The zero-order valence-corrected chi connectivity index (χ0v) is 5.97. The van der Waals surface area contributed by atoms with E-state index in [2.05, 4.69) is 10.8 Å². The predicted molar refractivity (Wildman–Crippen MR) is 36.5 cm³/mol. The average molecular weight is 157 g/mol. The van der Waals surface area contributed by atoms with Gasteiger partial charge in [0.15, 0.2) is 0 Å². The Morgan fingerprint density at radius 2 is 2.18 bits per heavy atom. The van der Waals surface area contributed by atoms with Crippen LogP contribution < -0.4 is 4.74 Å². The van der Waals surface area contributed by atoms with Crippen molar-refractivity contribution in [1.29, 1.82) is 0 Å². The minimum atomic E-state index is -3.13. The van der Waals surface area contributed by atoms with E-state index in [-0.39, 0.29) is 5.75 Å². The molecule has 1 radical (unpaired) electrons. The normalized spacial score (nSPS) is 11.2. The van der Waals surface area contributed by atoms with Crippen molar-refractivity contribution in [2.45, 2.75) is 13.0 Å². The Kier molecular flexibility index (Phi) is 2.08. The maximum atomic E-state index is 12.2. The number of halogens is 2. The average Bonchev–Trinajstić information content (AvgIpc) is 1.85. The maximum absolute atomic E-state index is 12.2. The van der Waals surface area contributed by atoms with Crippen LogP contribution in [0.5, 0.6) is 5.75 Å². The van der Waals surface area contributed by atoms with Gasteiger partial charge in [0, 0.05) is 13.0 Å². The molecular weight excluding hydrogens is 150 g/mol. The van der Waals surface area contributed by atoms with E-state index in [0.717, 1.165) is 0 Å². The van der Waals surface area contributed by atoms with Crippen molar-refractivity contribution >= 4 is 0 Å². The van der Waals surface area contributed by atoms with E-state index in [1.165, 1.54) is 12.1 Å². The van der Waals surface area contributed by atoms with Gasteiger partial charge in [-0.25, -0.2) is 0 Å². The molecule has 0 atom stereocenters. The van der Waals surface area contributed by atoms with Crippen LogP contribution in [0.4, 0.5) is 8.78 Å². The molecule has 1 nitrogen and oxygen atoms in total. The fraction of sp³-hybridized carbons (Fsp3) is 0.250. The number of hydrogen-bond acceptors (Lipinski definition) is 1. The van der Waals surface area contributed by atoms with Gasteiger partial charge in [0.2, 0.25) is 0 Å². The van der Waals surface area contributed by atoms with Crippen molar-refractivity contribution in [3.8, 4) is 5.75 Å². The fourth-order valence-electron chi connectivity index (χ4n) is 0.633. The lowest BCUT2D eigenvalue weighted by Gasteiger charge is -2.11. The van der Waals surface area contributed by atoms with Crippen LogP contribution in [0.25, 0.3) is 0 Å². The van der Waals surface area contributed by atoms with Crippen LogP contribution in [0.1, 0.15) is 6.92 Å². The third-order valence-corrected chi connectivity index (χ3v) is 0.970. The summed E-state index contributed by atoms with van der Waals surface area (Å²) in [5.41, 5.74) is 0. The van der Waals surface area contributed by atoms with Crippen molar-refractivity contribution in [1.82, 2.24) is 0 Å². The third kappa shape index (κ3) is 2.98. The van der Waals surface area contributed by atoms with Gasteiger partial charge in [0.05, 0.1) is 0 Å². The van der Waals surface area contributed by atoms with Gasteiger partial charge in [0.25, 0.3) is 0 Å². The first kappa shape index (κ1) is 7.98. The number of rotatable bonds is 2. The van der Waals surface area contributed by atoms with E-state index in [0.29, 0.717) is 6.92 Å². The second-order valence-corrected chi connectivity index (χ2v) is 2.14. The summed E-state index contributed by atoms with van der Waals surface area (Å²) in [6, 6.07) is 8.76. The van der Waals surface area contributed by atoms with Crippen LogP contribution >= 0.6 is 0 Å². The van der Waals surface area contributed by atoms with Gasteiger partial charge in [-0.15, -0.1) is 0 Å². The molecule has 0 bridgehead atoms. The van der Waals surface area contributed by atoms with Gasteiger partial charge in [0.1, 0.15) is 5.75 Å². The molecule has 0 amide bonds. The highest BCUT2D eigenvalue weighted by Gasteiger charge is 2.22. The molecule has 0 aliphatic heterocycles. The van der Waals surface area contributed by atoms with Crippen LogP contribution in [0.2, 0.25) is 0 Å². The van der Waals surface area contributed by atoms with Crippen LogP contribution in [0.15, 0.2) is 24.3 Å². The van der Waals surface area contributed by atoms with E-state index in [4.69, 9.17) is 0 Å². The van der Waals surface area contributed by atoms with E-state index in [1.807, 2.05) is 0 Å². The van der Waals surface area contributed by atoms with Crippen molar-refractivity contribution < 1.29 is 13.5 Å². The van der Waals surface area contributed by atoms with Crippen LogP contribution in [0, 0.1) is 6.07 Å². The Hall–Kier alpha value is -1.12. The van der Waals surface area contributed by atoms with E-state index in [9.17, 15) is 8.78 Å². The Morgan fingerprint density at radius 3 is 2.64 bits per heavy atom. The molecule has 0 fully saturated rings. The molecular formula is C8H7F2O. The summed E-state index contributed by atoms with van der Waals surface area (Å²) < 4.78 is 28.5. The van der Waals surface area contributed by atoms with Gasteiger partial charge in [-0.05, 0) is 6.07 Å². The minimum Gasteiger partial charge on any atom is -0.432 e. The first-order valence-electron chi connectivity index (χ1n) is 3.11. The monoisotopic (exact) mass is 157 g/mol. The van der Waals surface area contributed by atoms with Crippen molar-refractivity contribution in [3.05, 3.63) is 30.3 Å². The van der Waals surface area contributed by atoms with Crippen LogP contribution in [-0.4, -0.2) is 6.11 Å². The summed E-state index contributed by atoms with van der Waals surface area (Å²) in [6.45, 7) is 0.688. The highest BCUT2D eigenvalue weighted by atomic mass is 19.3. The van der Waals surface area contributed by atoms with E-state index >= 15 is 0 Å². The summed E-state index contributed by atoms with van der Waals surface area (Å²) in [5, 5.41) is 0. The second-order valence-electron chi connectivity index (χ2n) is 2.14. The molecule has 0 aliphatic rings. The predicted octanol–water partition coefficient (Wildman–Crippen LogP) is 2.48. The molecule has 0 aromatic heterocycles. The Bertz CT molecular complexity index is 215. The molecule has 0 unspecified atom stereocenters. The summed E-state index contributed by atoms with van der Waals surface area (Å²) in [6.07, 6.45) is -3.13. The number of hydrogen-bond donors (Lipinski definition) is 0. The molecule has 59 valence electrons. The van der Waals surface area contributed by atoms with Crippen LogP contribution in [-0.2, 0) is 0 Å². The zero-order chi connectivity index (χ0) is 8.32. The lowest BCUT2D eigenvalue weighted by molar-refractivity contribution is -0.159. The first-order valence-corrected chi connectivity index (χ1v) is 3.11. The molecule has 0 aliphatic carbocycles. The molecule has 0 saturated heterocycles. The quantitative estimate of drug-likeness (QED) is 0.640. The van der Waals surface area contributed by atoms with Crippen LogP contribution in [0.3, 0.4) is 0 Å². The third-order valence-electron chi connectivity index (χ3n) is 0.970. The largest absolute Gasteiger partial charge is 0.432 e. The maximum Gasteiger partial charge on any atom is 0.394 e. The summed E-state index contributed by atoms with van der Waals surface area (Å²) in [4.78, 5) is 0. The highest BCUT2D eigenvalue weighted by Crippen LogP contribution is 2.18. The topological polar surface area (TPSA) is 9.23 Å². The van der Waals surface area contributed by atoms with Gasteiger partial charge >= 0.3 is 6.11 Å². The number of ether oxygens (including phenoxy) is 1. The number of alkyl halides is 2. The van der Waals surface area contributed by atoms with Crippen molar-refractivity contribution in [3.63, 3.8) is 0 Å². The van der Waals surface area contributed by atoms with E-state index < -0.39 is 6.11 Å². The van der Waals surface area contributed by atoms with Crippen molar-refractivity contribution in [2.24, 2.45) is 0 Å². The number of para-hydroxylation sites is 1. The van der Waals surface area contributed by atoms with Gasteiger partial charge in [-0.2, -0.15) is 8.78 Å². The van der Waals surface area contributed by atoms with Gasteiger partial charge in [-0.1, -0.05) is 18.2 Å². The van der Waals surface area contributed by atoms with Gasteiger partial charge in [-0.3, -0.25) is 0 Å². The van der Waals surface area contributed by atoms with Gasteiger partial charge < -0.3 is 4.74 Å². The lowest BCUT2D eigenvalue weighted by atomic mass is 10.3. The lowest BCUT2D eigenvalue weighted by Crippen LogP contribution is -2.18.